The molecule has 0 bridgehead atoms. The lowest BCUT2D eigenvalue weighted by Gasteiger charge is -2.15. The van der Waals surface area contributed by atoms with Crippen molar-refractivity contribution in [3.63, 3.8) is 0 Å². The Morgan fingerprint density at radius 3 is 2.68 bits per heavy atom. The Morgan fingerprint density at radius 2 is 1.95 bits per heavy atom. The molecule has 2 aromatic carbocycles. The van der Waals surface area contributed by atoms with Gasteiger partial charge in [-0.2, -0.15) is 0 Å². The fourth-order valence-electron chi connectivity index (χ4n) is 2.42. The number of para-hydroxylation sites is 1. The molecule has 0 amide bonds. The predicted molar refractivity (Wildman–Crippen MR) is 77.9 cm³/mol. The maximum absolute atomic E-state index is 10.5. The van der Waals surface area contributed by atoms with E-state index in [1.165, 1.54) is 10.5 Å². The van der Waals surface area contributed by atoms with E-state index < -0.39 is 6.10 Å². The molecule has 1 heterocycles. The van der Waals surface area contributed by atoms with Crippen molar-refractivity contribution in [1.82, 2.24) is 0 Å². The van der Waals surface area contributed by atoms with Gasteiger partial charge in [0.1, 0.15) is 11.9 Å². The molecule has 3 heteroatoms. The minimum absolute atomic E-state index is 0.621. The van der Waals surface area contributed by atoms with Gasteiger partial charge in [0.15, 0.2) is 0 Å². The zero-order chi connectivity index (χ0) is 13.2. The largest absolute Gasteiger partial charge is 0.493 e. The highest BCUT2D eigenvalue weighted by atomic mass is 32.2. The molecule has 0 spiro atoms. The van der Waals surface area contributed by atoms with Gasteiger partial charge < -0.3 is 9.84 Å². The zero-order valence-electron chi connectivity index (χ0n) is 10.8. The summed E-state index contributed by atoms with van der Waals surface area (Å²) in [5, 5.41) is 10.5. The van der Waals surface area contributed by atoms with Crippen molar-refractivity contribution in [2.45, 2.75) is 17.4 Å². The first-order valence-electron chi connectivity index (χ1n) is 6.36. The molecule has 0 radical (unpaired) electrons. The molecule has 3 rings (SSSR count). The van der Waals surface area contributed by atoms with Gasteiger partial charge in [-0.1, -0.05) is 30.3 Å². The summed E-state index contributed by atoms with van der Waals surface area (Å²) in [6.45, 7) is 0.713. The van der Waals surface area contributed by atoms with Gasteiger partial charge in [-0.05, 0) is 29.5 Å². The second-order valence-corrected chi connectivity index (χ2v) is 5.49. The maximum Gasteiger partial charge on any atom is 0.128 e. The molecule has 1 aliphatic heterocycles. The van der Waals surface area contributed by atoms with Gasteiger partial charge in [0, 0.05) is 16.9 Å². The molecule has 1 atom stereocenters. The van der Waals surface area contributed by atoms with E-state index in [1.54, 1.807) is 11.8 Å². The standard InChI is InChI=1S/C16H16O2S/c1-19-13-7-5-11(6-8-13)15(17)14-4-2-3-12-9-10-18-16(12)14/h2-8,15,17H,9-10H2,1H3. The van der Waals surface area contributed by atoms with Crippen LogP contribution < -0.4 is 4.74 Å². The van der Waals surface area contributed by atoms with Crippen LogP contribution in [0.2, 0.25) is 0 Å². The SMILES string of the molecule is CSc1ccc(C(O)c2cccc3c2OCC3)cc1. The van der Waals surface area contributed by atoms with Gasteiger partial charge in [0.05, 0.1) is 6.61 Å². The van der Waals surface area contributed by atoms with E-state index in [0.717, 1.165) is 23.3 Å². The summed E-state index contributed by atoms with van der Waals surface area (Å²) in [7, 11) is 0. The fourth-order valence-corrected chi connectivity index (χ4v) is 2.83. The lowest BCUT2D eigenvalue weighted by Crippen LogP contribution is -2.02. The van der Waals surface area contributed by atoms with Crippen LogP contribution in [-0.4, -0.2) is 18.0 Å². The molecule has 0 fully saturated rings. The Labute approximate surface area is 117 Å². The number of thioether (sulfide) groups is 1. The Kier molecular flexibility index (Phi) is 3.49. The van der Waals surface area contributed by atoms with Gasteiger partial charge in [0.25, 0.3) is 0 Å². The van der Waals surface area contributed by atoms with Crippen LogP contribution in [0.25, 0.3) is 0 Å². The summed E-state index contributed by atoms with van der Waals surface area (Å²) in [6, 6.07) is 14.0. The first-order valence-corrected chi connectivity index (χ1v) is 7.58. The normalized spacial score (nSPS) is 14.8. The smallest absolute Gasteiger partial charge is 0.128 e. The van der Waals surface area contributed by atoms with E-state index >= 15 is 0 Å². The highest BCUT2D eigenvalue weighted by Gasteiger charge is 2.21. The molecule has 1 aliphatic rings. The van der Waals surface area contributed by atoms with E-state index in [1.807, 2.05) is 42.7 Å². The summed E-state index contributed by atoms with van der Waals surface area (Å²) < 4.78 is 5.65. The van der Waals surface area contributed by atoms with E-state index in [9.17, 15) is 5.11 Å². The van der Waals surface area contributed by atoms with Crippen molar-refractivity contribution in [3.05, 3.63) is 59.2 Å². The number of ether oxygens (including phenoxy) is 1. The van der Waals surface area contributed by atoms with Crippen molar-refractivity contribution < 1.29 is 9.84 Å². The van der Waals surface area contributed by atoms with Crippen molar-refractivity contribution >= 4 is 11.8 Å². The van der Waals surface area contributed by atoms with Gasteiger partial charge >= 0.3 is 0 Å². The first-order chi connectivity index (χ1) is 9.29. The van der Waals surface area contributed by atoms with Gasteiger partial charge in [0.2, 0.25) is 0 Å². The Hall–Kier alpha value is -1.45. The molecule has 0 saturated heterocycles. The summed E-state index contributed by atoms with van der Waals surface area (Å²) in [6.07, 6.45) is 2.36. The fraction of sp³-hybridized carbons (Fsp3) is 0.250. The lowest BCUT2D eigenvalue weighted by atomic mass is 9.98. The second-order valence-electron chi connectivity index (χ2n) is 4.61. The minimum Gasteiger partial charge on any atom is -0.493 e. The van der Waals surface area contributed by atoms with Crippen LogP contribution in [0.5, 0.6) is 5.75 Å². The number of fused-ring (bicyclic) bond motifs is 1. The van der Waals surface area contributed by atoms with Crippen molar-refractivity contribution in [2.24, 2.45) is 0 Å². The highest BCUT2D eigenvalue weighted by molar-refractivity contribution is 7.98. The lowest BCUT2D eigenvalue weighted by molar-refractivity contribution is 0.213. The molecule has 1 N–H and O–H groups in total. The highest BCUT2D eigenvalue weighted by Crippen LogP contribution is 2.36. The summed E-state index contributed by atoms with van der Waals surface area (Å²) in [5.41, 5.74) is 2.96. The summed E-state index contributed by atoms with van der Waals surface area (Å²) in [5.74, 6) is 0.865. The van der Waals surface area contributed by atoms with Crippen molar-refractivity contribution in [2.75, 3.05) is 12.9 Å². The number of hydrogen-bond donors (Lipinski definition) is 1. The van der Waals surface area contributed by atoms with E-state index in [2.05, 4.69) is 6.07 Å². The summed E-state index contributed by atoms with van der Waals surface area (Å²) in [4.78, 5) is 1.20. The number of benzene rings is 2. The van der Waals surface area contributed by atoms with Crippen LogP contribution in [0, 0.1) is 0 Å². The van der Waals surface area contributed by atoms with Crippen LogP contribution in [0.3, 0.4) is 0 Å². The molecular formula is C16H16O2S. The van der Waals surface area contributed by atoms with Crippen LogP contribution in [0.1, 0.15) is 22.8 Å². The Bertz CT molecular complexity index is 578. The number of hydrogen-bond acceptors (Lipinski definition) is 3. The van der Waals surface area contributed by atoms with E-state index in [0.29, 0.717) is 6.61 Å². The Balaban J connectivity index is 1.95. The maximum atomic E-state index is 10.5. The van der Waals surface area contributed by atoms with Crippen LogP contribution in [0.4, 0.5) is 0 Å². The monoisotopic (exact) mass is 272 g/mol. The minimum atomic E-state index is -0.621. The molecule has 0 saturated carbocycles. The molecule has 0 aromatic heterocycles. The summed E-state index contributed by atoms with van der Waals surface area (Å²) >= 11 is 1.70. The molecule has 1 unspecified atom stereocenters. The quantitative estimate of drug-likeness (QED) is 0.868. The van der Waals surface area contributed by atoms with Crippen LogP contribution in [-0.2, 0) is 6.42 Å². The number of rotatable bonds is 3. The van der Waals surface area contributed by atoms with Gasteiger partial charge in [-0.15, -0.1) is 11.8 Å². The molecule has 19 heavy (non-hydrogen) atoms. The number of aliphatic hydroxyl groups excluding tert-OH is 1. The molecule has 2 nitrogen and oxygen atoms in total. The van der Waals surface area contributed by atoms with Crippen molar-refractivity contribution in [1.29, 1.82) is 0 Å². The van der Waals surface area contributed by atoms with E-state index in [4.69, 9.17) is 4.74 Å². The van der Waals surface area contributed by atoms with Gasteiger partial charge in [-0.3, -0.25) is 0 Å². The topological polar surface area (TPSA) is 29.5 Å². The zero-order valence-corrected chi connectivity index (χ0v) is 11.6. The average molecular weight is 272 g/mol. The van der Waals surface area contributed by atoms with Crippen LogP contribution in [0.15, 0.2) is 47.4 Å². The third-order valence-corrected chi connectivity index (χ3v) is 4.21. The second kappa shape index (κ2) is 5.27. The first kappa shape index (κ1) is 12.6. The molecule has 2 aromatic rings. The van der Waals surface area contributed by atoms with E-state index in [-0.39, 0.29) is 0 Å². The van der Waals surface area contributed by atoms with Crippen molar-refractivity contribution in [3.8, 4) is 5.75 Å². The molecule has 98 valence electrons. The van der Waals surface area contributed by atoms with Crippen LogP contribution >= 0.6 is 11.8 Å². The molecular weight excluding hydrogens is 256 g/mol. The Morgan fingerprint density at radius 1 is 1.16 bits per heavy atom. The molecule has 0 aliphatic carbocycles. The third kappa shape index (κ3) is 2.36. The average Bonchev–Trinajstić information content (AvgIpc) is 2.95. The van der Waals surface area contributed by atoms with Gasteiger partial charge in [-0.25, -0.2) is 0 Å². The third-order valence-electron chi connectivity index (χ3n) is 3.47. The number of aliphatic hydroxyl groups is 1. The predicted octanol–water partition coefficient (Wildman–Crippen LogP) is 3.43.